The zero-order chi connectivity index (χ0) is 48.6. The first-order valence-electron chi connectivity index (χ1n) is 22.9. The van der Waals surface area contributed by atoms with Gasteiger partial charge in [-0.05, 0) is 74.3 Å². The Balaban J connectivity index is 1.47. The molecule has 5 aromatic carbocycles. The van der Waals surface area contributed by atoms with Crippen LogP contribution in [-0.2, 0) is 52.0 Å². The van der Waals surface area contributed by atoms with E-state index in [4.69, 9.17) is 9.47 Å². The third kappa shape index (κ3) is 14.7. The van der Waals surface area contributed by atoms with Crippen LogP contribution in [0.5, 0.6) is 0 Å². The molecular formula is C55H66N4O8. The van der Waals surface area contributed by atoms with Crippen LogP contribution in [0.2, 0.25) is 0 Å². The molecule has 5 aromatic rings. The normalized spacial score (nSPS) is 13.9. The van der Waals surface area contributed by atoms with Crippen molar-refractivity contribution in [2.45, 2.75) is 115 Å². The molecule has 5 atom stereocenters. The van der Waals surface area contributed by atoms with Gasteiger partial charge in [0.1, 0.15) is 29.3 Å². The Morgan fingerprint density at radius 3 is 1.57 bits per heavy atom. The van der Waals surface area contributed by atoms with Gasteiger partial charge in [-0.1, -0.05) is 166 Å². The highest BCUT2D eigenvalue weighted by molar-refractivity contribution is 5.93. The minimum absolute atomic E-state index is 0.140. The van der Waals surface area contributed by atoms with Crippen molar-refractivity contribution in [1.29, 1.82) is 0 Å². The van der Waals surface area contributed by atoms with Crippen molar-refractivity contribution >= 4 is 29.6 Å². The van der Waals surface area contributed by atoms with Gasteiger partial charge in [-0.15, -0.1) is 0 Å². The molecule has 12 heteroatoms. The van der Waals surface area contributed by atoms with Gasteiger partial charge in [0.05, 0.1) is 25.2 Å². The molecule has 0 aliphatic carbocycles. The van der Waals surface area contributed by atoms with E-state index in [1.54, 1.807) is 41.5 Å². The van der Waals surface area contributed by atoms with E-state index in [9.17, 15) is 29.1 Å². The molecule has 0 bridgehead atoms. The van der Waals surface area contributed by atoms with Crippen LogP contribution < -0.4 is 16.0 Å². The number of amides is 4. The molecule has 0 saturated heterocycles. The molecule has 0 spiro atoms. The van der Waals surface area contributed by atoms with Gasteiger partial charge in [0.15, 0.2) is 0 Å². The molecule has 0 heterocycles. The molecule has 0 saturated carbocycles. The fourth-order valence-electron chi connectivity index (χ4n) is 7.98. The Labute approximate surface area is 395 Å². The largest absolute Gasteiger partial charge is 0.460 e. The number of nitrogens with zero attached hydrogens (tertiary/aromatic N) is 1. The summed E-state index contributed by atoms with van der Waals surface area (Å²) < 4.78 is 11.4. The zero-order valence-electron chi connectivity index (χ0n) is 39.7. The number of aliphatic hydroxyl groups is 1. The van der Waals surface area contributed by atoms with E-state index < -0.39 is 83.4 Å². The number of likely N-dealkylation sites (N-methyl/N-ethyl adjacent to an activating group) is 1. The second-order valence-electron chi connectivity index (χ2n) is 18.2. The van der Waals surface area contributed by atoms with Crippen LogP contribution in [0, 0.1) is 5.92 Å². The lowest BCUT2D eigenvalue weighted by Gasteiger charge is -2.37. The van der Waals surface area contributed by atoms with E-state index >= 15 is 0 Å². The summed E-state index contributed by atoms with van der Waals surface area (Å²) in [7, 11) is 1.47. The molecule has 0 aliphatic rings. The van der Waals surface area contributed by atoms with Crippen molar-refractivity contribution in [3.05, 3.63) is 179 Å². The van der Waals surface area contributed by atoms with Crippen molar-refractivity contribution in [1.82, 2.24) is 20.9 Å². The fraction of sp³-hybridized carbons (Fsp3) is 0.364. The third-order valence-electron chi connectivity index (χ3n) is 11.5. The summed E-state index contributed by atoms with van der Waals surface area (Å²) in [6.45, 7) is 10.5. The number of benzene rings is 5. The molecule has 5 rings (SSSR count). The fourth-order valence-corrected chi connectivity index (χ4v) is 7.98. The molecule has 0 unspecified atom stereocenters. The number of nitrogens with one attached hydrogen (secondary N) is 3. The second kappa shape index (κ2) is 24.2. The first-order chi connectivity index (χ1) is 32.0. The Bertz CT molecular complexity index is 2240. The van der Waals surface area contributed by atoms with E-state index in [-0.39, 0.29) is 25.9 Å². The maximum absolute atomic E-state index is 14.8. The second-order valence-corrected chi connectivity index (χ2v) is 18.2. The molecule has 4 amide bonds. The van der Waals surface area contributed by atoms with Crippen molar-refractivity contribution in [3.8, 4) is 0 Å². The smallest absolute Gasteiger partial charge is 0.309 e. The Kier molecular flexibility index (Phi) is 18.6. The van der Waals surface area contributed by atoms with Crippen LogP contribution in [0.25, 0.3) is 0 Å². The van der Waals surface area contributed by atoms with Gasteiger partial charge in [-0.3, -0.25) is 24.0 Å². The summed E-state index contributed by atoms with van der Waals surface area (Å²) >= 11 is 0. The number of ether oxygens (including phenoxy) is 2. The van der Waals surface area contributed by atoms with Gasteiger partial charge in [0.2, 0.25) is 23.6 Å². The van der Waals surface area contributed by atoms with Crippen LogP contribution in [0.15, 0.2) is 152 Å². The predicted molar refractivity (Wildman–Crippen MR) is 259 cm³/mol. The molecule has 354 valence electrons. The van der Waals surface area contributed by atoms with Crippen LogP contribution in [0.3, 0.4) is 0 Å². The molecule has 0 aromatic heterocycles. The van der Waals surface area contributed by atoms with Crippen molar-refractivity contribution < 1.29 is 38.6 Å². The van der Waals surface area contributed by atoms with Crippen molar-refractivity contribution in [2.24, 2.45) is 5.92 Å². The SMILES string of the molecule is CC(C)[C@H](NC(=O)[C@H](C)OCc1ccccc1)C(=O)N(C)[C@@H](CCC(=O)NC(c1ccccc1)(c1ccccc1)c1ccccc1)C(=O)N[C@@H](Cc1ccccc1)[C@@H](O)CC(=O)OC(C)(C)C. The summed E-state index contributed by atoms with van der Waals surface area (Å²) in [6, 6.07) is 44.1. The number of carbonyl (C=O) groups is 5. The maximum Gasteiger partial charge on any atom is 0.309 e. The topological polar surface area (TPSA) is 163 Å². The number of esters is 1. The molecule has 12 nitrogen and oxygen atoms in total. The first-order valence-corrected chi connectivity index (χ1v) is 22.9. The number of carbonyl (C=O) groups excluding carboxylic acids is 5. The lowest BCUT2D eigenvalue weighted by atomic mass is 9.77. The summed E-state index contributed by atoms with van der Waals surface area (Å²) in [5, 5.41) is 20.7. The summed E-state index contributed by atoms with van der Waals surface area (Å²) in [6.07, 6.45) is -2.93. The highest BCUT2D eigenvalue weighted by Crippen LogP contribution is 2.37. The summed E-state index contributed by atoms with van der Waals surface area (Å²) in [5.74, 6) is -3.22. The predicted octanol–water partition coefficient (Wildman–Crippen LogP) is 7.27. The highest BCUT2D eigenvalue weighted by atomic mass is 16.6. The van der Waals surface area contributed by atoms with Crippen LogP contribution >= 0.6 is 0 Å². The Hall–Kier alpha value is -6.63. The number of hydrogen-bond acceptors (Lipinski definition) is 8. The zero-order valence-corrected chi connectivity index (χ0v) is 39.7. The van der Waals surface area contributed by atoms with Crippen LogP contribution in [0.1, 0.15) is 88.6 Å². The standard InChI is InChI=1S/C55H66N4O8/c1-38(2)50(57-51(63)39(3)66-37-41-25-15-9-16-26-41)53(65)59(7)46(52(64)56-45(35-40-23-13-8-14-24-40)47(60)36-49(62)67-54(4,5)6)33-34-48(61)58-55(42-27-17-10-18-28-42,43-29-19-11-20-30-43)44-31-21-12-22-32-44/h8-32,38-39,45-47,50,60H,33-37H2,1-7H3,(H,56,64)(H,57,63)(H,58,61)/t39-,45-,46-,47-,50-/m0/s1. The molecule has 67 heavy (non-hydrogen) atoms. The van der Waals surface area contributed by atoms with E-state index in [1.807, 2.05) is 152 Å². The lowest BCUT2D eigenvalue weighted by Crippen LogP contribution is -2.59. The summed E-state index contributed by atoms with van der Waals surface area (Å²) in [5.41, 5.74) is 2.14. The molecule has 0 fully saturated rings. The molecular weight excluding hydrogens is 845 g/mol. The van der Waals surface area contributed by atoms with Gasteiger partial charge in [0, 0.05) is 13.5 Å². The number of aliphatic hydroxyl groups excluding tert-OH is 1. The van der Waals surface area contributed by atoms with E-state index in [0.717, 1.165) is 27.8 Å². The van der Waals surface area contributed by atoms with Crippen molar-refractivity contribution in [2.75, 3.05) is 7.05 Å². The van der Waals surface area contributed by atoms with E-state index in [2.05, 4.69) is 16.0 Å². The molecule has 0 aliphatic heterocycles. The lowest BCUT2D eigenvalue weighted by molar-refractivity contribution is -0.158. The van der Waals surface area contributed by atoms with E-state index in [0.29, 0.717) is 0 Å². The minimum atomic E-state index is -1.38. The Morgan fingerprint density at radius 1 is 0.642 bits per heavy atom. The molecule has 4 N–H and O–H groups in total. The first kappa shape index (κ1) is 51.4. The monoisotopic (exact) mass is 910 g/mol. The average Bonchev–Trinajstić information content (AvgIpc) is 3.31. The van der Waals surface area contributed by atoms with Gasteiger partial charge >= 0.3 is 5.97 Å². The highest BCUT2D eigenvalue weighted by Gasteiger charge is 2.40. The molecule has 0 radical (unpaired) electrons. The summed E-state index contributed by atoms with van der Waals surface area (Å²) in [4.78, 5) is 71.9. The van der Waals surface area contributed by atoms with Gasteiger partial charge in [-0.25, -0.2) is 0 Å². The van der Waals surface area contributed by atoms with Crippen molar-refractivity contribution in [3.63, 3.8) is 0 Å². The number of hydrogen-bond donors (Lipinski definition) is 4. The van der Waals surface area contributed by atoms with Crippen LogP contribution in [-0.4, -0.2) is 82.6 Å². The van der Waals surface area contributed by atoms with Gasteiger partial charge in [0.25, 0.3) is 0 Å². The average molecular weight is 911 g/mol. The van der Waals surface area contributed by atoms with Crippen LogP contribution in [0.4, 0.5) is 0 Å². The Morgan fingerprint density at radius 2 is 1.10 bits per heavy atom. The van der Waals surface area contributed by atoms with E-state index in [1.165, 1.54) is 11.9 Å². The van der Waals surface area contributed by atoms with Gasteiger partial charge in [-0.2, -0.15) is 0 Å². The third-order valence-corrected chi connectivity index (χ3v) is 11.5. The maximum atomic E-state index is 14.8. The minimum Gasteiger partial charge on any atom is -0.460 e. The van der Waals surface area contributed by atoms with Gasteiger partial charge < -0.3 is 35.4 Å². The quantitative estimate of drug-likeness (QED) is 0.0417. The number of rotatable bonds is 22.